The van der Waals surface area contributed by atoms with Gasteiger partial charge in [0.25, 0.3) is 5.91 Å². The molecule has 0 bridgehead atoms. The molecule has 0 atom stereocenters. The number of likely N-dealkylation sites (N-methyl/N-ethyl adjacent to an activating group) is 1. The van der Waals surface area contributed by atoms with Gasteiger partial charge in [-0.15, -0.1) is 0 Å². The molecule has 0 unspecified atom stereocenters. The molecule has 1 amide bonds. The number of amides is 1. The third-order valence-electron chi connectivity index (χ3n) is 3.02. The lowest BCUT2D eigenvalue weighted by Crippen LogP contribution is -2.33. The van der Waals surface area contributed by atoms with Crippen LogP contribution in [0, 0.1) is 6.92 Å². The first-order valence-electron chi connectivity index (χ1n) is 6.58. The van der Waals surface area contributed by atoms with Crippen LogP contribution in [0.2, 0.25) is 0 Å². The van der Waals surface area contributed by atoms with Crippen LogP contribution in [-0.4, -0.2) is 51.2 Å². The van der Waals surface area contributed by atoms with Gasteiger partial charge in [0, 0.05) is 18.2 Å². The van der Waals surface area contributed by atoms with Gasteiger partial charge in [-0.25, -0.2) is 0 Å². The summed E-state index contributed by atoms with van der Waals surface area (Å²) in [6.45, 7) is 3.74. The van der Waals surface area contributed by atoms with Crippen molar-refractivity contribution in [1.29, 1.82) is 0 Å². The molecule has 0 fully saturated rings. The van der Waals surface area contributed by atoms with E-state index in [1.165, 1.54) is 26.2 Å². The van der Waals surface area contributed by atoms with Gasteiger partial charge in [-0.2, -0.15) is 0 Å². The van der Waals surface area contributed by atoms with Crippen LogP contribution in [0.3, 0.4) is 0 Å². The molecule has 0 aromatic heterocycles. The highest BCUT2D eigenvalue weighted by atomic mass is 16.5. The third kappa shape index (κ3) is 4.11. The first kappa shape index (κ1) is 16.8. The molecule has 0 aliphatic rings. The van der Waals surface area contributed by atoms with Gasteiger partial charge in [-0.1, -0.05) is 0 Å². The minimum atomic E-state index is -0.445. The maximum absolute atomic E-state index is 12.3. The summed E-state index contributed by atoms with van der Waals surface area (Å²) in [4.78, 5) is 25.1. The highest BCUT2D eigenvalue weighted by Gasteiger charge is 2.19. The Bertz CT molecular complexity index is 502. The number of esters is 1. The third-order valence-corrected chi connectivity index (χ3v) is 3.02. The Morgan fingerprint density at radius 2 is 1.67 bits per heavy atom. The van der Waals surface area contributed by atoms with Crippen LogP contribution in [0.5, 0.6) is 11.5 Å². The monoisotopic (exact) mass is 295 g/mol. The summed E-state index contributed by atoms with van der Waals surface area (Å²) in [6, 6.07) is 3.25. The molecule has 0 heterocycles. The molecule has 6 heteroatoms. The highest BCUT2D eigenvalue weighted by molar-refractivity contribution is 5.96. The van der Waals surface area contributed by atoms with E-state index < -0.39 is 5.97 Å². The second-order valence-corrected chi connectivity index (χ2v) is 4.47. The van der Waals surface area contributed by atoms with Crippen molar-refractivity contribution < 1.29 is 23.8 Å². The Hall–Kier alpha value is -2.24. The first-order chi connectivity index (χ1) is 9.94. The summed E-state index contributed by atoms with van der Waals surface area (Å²) in [7, 11) is 4.59. The van der Waals surface area contributed by atoms with E-state index in [0.29, 0.717) is 17.1 Å². The summed E-state index contributed by atoms with van der Waals surface area (Å²) in [5.74, 6) is 0.364. The Morgan fingerprint density at radius 3 is 2.10 bits per heavy atom. The molecule has 1 aromatic carbocycles. The number of ether oxygens (including phenoxy) is 3. The highest BCUT2D eigenvalue weighted by Crippen LogP contribution is 2.29. The Kier molecular flexibility index (Phi) is 6.02. The Balaban J connectivity index is 2.99. The zero-order valence-electron chi connectivity index (χ0n) is 13.1. The Labute approximate surface area is 124 Å². The van der Waals surface area contributed by atoms with E-state index in [9.17, 15) is 9.59 Å². The van der Waals surface area contributed by atoms with Crippen LogP contribution in [0.4, 0.5) is 0 Å². The largest absolute Gasteiger partial charge is 0.496 e. The number of benzene rings is 1. The van der Waals surface area contributed by atoms with E-state index in [-0.39, 0.29) is 19.1 Å². The predicted octanol–water partition coefficient (Wildman–Crippen LogP) is 1.65. The number of hydrogen-bond donors (Lipinski definition) is 0. The normalized spacial score (nSPS) is 9.95. The van der Waals surface area contributed by atoms with E-state index >= 15 is 0 Å². The SMILES string of the molecule is CCOC(=O)CN(C)C(=O)c1cc(OC)c(C)c(OC)c1. The number of methoxy groups -OCH3 is 2. The number of carbonyl (C=O) groups excluding carboxylic acids is 2. The fourth-order valence-electron chi connectivity index (χ4n) is 1.90. The molecule has 0 saturated heterocycles. The van der Waals surface area contributed by atoms with Crippen LogP contribution in [0.25, 0.3) is 0 Å². The van der Waals surface area contributed by atoms with Gasteiger partial charge in [-0.3, -0.25) is 9.59 Å². The van der Waals surface area contributed by atoms with Gasteiger partial charge >= 0.3 is 5.97 Å². The van der Waals surface area contributed by atoms with Crippen LogP contribution in [0.15, 0.2) is 12.1 Å². The van der Waals surface area contributed by atoms with Crippen LogP contribution in [0.1, 0.15) is 22.8 Å². The number of rotatable bonds is 6. The van der Waals surface area contributed by atoms with E-state index in [2.05, 4.69) is 0 Å². The summed E-state index contributed by atoms with van der Waals surface area (Å²) in [5.41, 5.74) is 1.20. The van der Waals surface area contributed by atoms with Crippen molar-refractivity contribution in [2.75, 3.05) is 34.4 Å². The zero-order valence-corrected chi connectivity index (χ0v) is 13.1. The Morgan fingerprint density at radius 1 is 1.14 bits per heavy atom. The van der Waals surface area contributed by atoms with E-state index in [1.807, 2.05) is 6.92 Å². The molecule has 0 radical (unpaired) electrons. The maximum atomic E-state index is 12.3. The molecule has 0 spiro atoms. The molecule has 0 N–H and O–H groups in total. The maximum Gasteiger partial charge on any atom is 0.325 e. The van der Waals surface area contributed by atoms with Crippen LogP contribution < -0.4 is 9.47 Å². The van der Waals surface area contributed by atoms with Crippen molar-refractivity contribution in [2.24, 2.45) is 0 Å². The summed E-state index contributed by atoms with van der Waals surface area (Å²) < 4.78 is 15.3. The molecule has 0 aliphatic heterocycles. The van der Waals surface area contributed by atoms with E-state index in [0.717, 1.165) is 5.56 Å². The summed E-state index contributed by atoms with van der Waals surface area (Å²) >= 11 is 0. The van der Waals surface area contributed by atoms with Gasteiger partial charge < -0.3 is 19.1 Å². The van der Waals surface area contributed by atoms with Crippen molar-refractivity contribution in [3.8, 4) is 11.5 Å². The first-order valence-corrected chi connectivity index (χ1v) is 6.58. The molecule has 1 rings (SSSR count). The van der Waals surface area contributed by atoms with Crippen molar-refractivity contribution in [3.05, 3.63) is 23.3 Å². The fourth-order valence-corrected chi connectivity index (χ4v) is 1.90. The molecule has 6 nitrogen and oxygen atoms in total. The van der Waals surface area contributed by atoms with Gasteiger partial charge in [0.05, 0.1) is 20.8 Å². The molecule has 0 aliphatic carbocycles. The quantitative estimate of drug-likeness (QED) is 0.747. The topological polar surface area (TPSA) is 65.1 Å². The van der Waals surface area contributed by atoms with Crippen molar-refractivity contribution in [1.82, 2.24) is 4.90 Å². The average molecular weight is 295 g/mol. The smallest absolute Gasteiger partial charge is 0.325 e. The molecular formula is C15H21NO5. The predicted molar refractivity (Wildman–Crippen MR) is 77.9 cm³/mol. The van der Waals surface area contributed by atoms with Crippen molar-refractivity contribution in [2.45, 2.75) is 13.8 Å². The lowest BCUT2D eigenvalue weighted by molar-refractivity contribution is -0.143. The second kappa shape index (κ2) is 7.52. The van der Waals surface area contributed by atoms with E-state index in [4.69, 9.17) is 14.2 Å². The van der Waals surface area contributed by atoms with Gasteiger partial charge in [0.1, 0.15) is 18.0 Å². The second-order valence-electron chi connectivity index (χ2n) is 4.47. The van der Waals surface area contributed by atoms with Gasteiger partial charge in [0.15, 0.2) is 0 Å². The van der Waals surface area contributed by atoms with Crippen LogP contribution >= 0.6 is 0 Å². The lowest BCUT2D eigenvalue weighted by atomic mass is 10.1. The van der Waals surface area contributed by atoms with Crippen molar-refractivity contribution >= 4 is 11.9 Å². The zero-order chi connectivity index (χ0) is 16.0. The molecule has 0 saturated carbocycles. The minimum Gasteiger partial charge on any atom is -0.496 e. The van der Waals surface area contributed by atoms with Crippen molar-refractivity contribution in [3.63, 3.8) is 0 Å². The lowest BCUT2D eigenvalue weighted by Gasteiger charge is -2.18. The number of carbonyl (C=O) groups is 2. The van der Waals surface area contributed by atoms with Gasteiger partial charge in [-0.05, 0) is 26.0 Å². The molecule has 1 aromatic rings. The van der Waals surface area contributed by atoms with E-state index in [1.54, 1.807) is 19.1 Å². The summed E-state index contributed by atoms with van der Waals surface area (Å²) in [6.07, 6.45) is 0. The number of hydrogen-bond acceptors (Lipinski definition) is 5. The van der Waals surface area contributed by atoms with Gasteiger partial charge in [0.2, 0.25) is 0 Å². The fraction of sp³-hybridized carbons (Fsp3) is 0.467. The molecular weight excluding hydrogens is 274 g/mol. The standard InChI is InChI=1S/C15H21NO5/c1-6-21-14(17)9-16(3)15(18)11-7-12(19-4)10(2)13(8-11)20-5/h7-8H,6,9H2,1-5H3. The average Bonchev–Trinajstić information content (AvgIpc) is 2.46. The molecule has 116 valence electrons. The number of nitrogens with zero attached hydrogens (tertiary/aromatic N) is 1. The summed E-state index contributed by atoms with van der Waals surface area (Å²) in [5, 5.41) is 0. The van der Waals surface area contributed by atoms with Crippen LogP contribution in [-0.2, 0) is 9.53 Å². The minimum absolute atomic E-state index is 0.106. The molecule has 21 heavy (non-hydrogen) atoms.